The van der Waals surface area contributed by atoms with Crippen LogP contribution in [0.1, 0.15) is 5.69 Å². The average molecular weight is 236 g/mol. The summed E-state index contributed by atoms with van der Waals surface area (Å²) < 4.78 is 24.5. The molecule has 0 aliphatic rings. The molecule has 0 aliphatic heterocycles. The highest BCUT2D eigenvalue weighted by Crippen LogP contribution is 2.14. The maximum absolute atomic E-state index is 11.3. The summed E-state index contributed by atoms with van der Waals surface area (Å²) in [6.45, 7) is 1.94. The molecule has 2 rings (SSSR count). The summed E-state index contributed by atoms with van der Waals surface area (Å²) in [5.41, 5.74) is 1.91. The Bertz CT molecular complexity index is 597. The molecule has 5 heteroatoms. The lowest BCUT2D eigenvalue weighted by Crippen LogP contribution is -1.99. The van der Waals surface area contributed by atoms with Gasteiger partial charge in [-0.3, -0.25) is 0 Å². The van der Waals surface area contributed by atoms with Crippen molar-refractivity contribution in [2.75, 3.05) is 6.26 Å². The van der Waals surface area contributed by atoms with Crippen molar-refractivity contribution in [2.24, 2.45) is 0 Å². The van der Waals surface area contributed by atoms with Crippen LogP contribution in [0.2, 0.25) is 0 Å². The molecule has 1 aromatic heterocycles. The van der Waals surface area contributed by atoms with Crippen molar-refractivity contribution in [2.45, 2.75) is 11.8 Å². The molecular formula is C11H12N2O2S. The Morgan fingerprint density at radius 2 is 1.81 bits per heavy atom. The highest BCUT2D eigenvalue weighted by atomic mass is 32.2. The molecule has 16 heavy (non-hydrogen) atoms. The lowest BCUT2D eigenvalue weighted by molar-refractivity contribution is 0.602. The molecule has 0 aliphatic carbocycles. The quantitative estimate of drug-likeness (QED) is 0.795. The van der Waals surface area contributed by atoms with E-state index in [2.05, 4.69) is 4.98 Å². The molecule has 0 unspecified atom stereocenters. The Kier molecular flexibility index (Phi) is 2.55. The zero-order valence-electron chi connectivity index (χ0n) is 9.08. The van der Waals surface area contributed by atoms with Gasteiger partial charge in [-0.1, -0.05) is 0 Å². The SMILES string of the molecule is Cc1cncn1-c1ccc(S(C)(=O)=O)cc1. The summed E-state index contributed by atoms with van der Waals surface area (Å²) in [6.07, 6.45) is 4.65. The van der Waals surface area contributed by atoms with E-state index in [9.17, 15) is 8.42 Å². The lowest BCUT2D eigenvalue weighted by atomic mass is 10.3. The number of benzene rings is 1. The van der Waals surface area contributed by atoms with Crippen LogP contribution >= 0.6 is 0 Å². The molecule has 0 bridgehead atoms. The predicted octanol–water partition coefficient (Wildman–Crippen LogP) is 1.58. The van der Waals surface area contributed by atoms with Gasteiger partial charge in [0.2, 0.25) is 0 Å². The summed E-state index contributed by atoms with van der Waals surface area (Å²) in [7, 11) is -3.12. The maximum Gasteiger partial charge on any atom is 0.175 e. The van der Waals surface area contributed by atoms with E-state index >= 15 is 0 Å². The van der Waals surface area contributed by atoms with E-state index in [0.29, 0.717) is 4.90 Å². The van der Waals surface area contributed by atoms with Crippen LogP contribution in [0.15, 0.2) is 41.7 Å². The minimum Gasteiger partial charge on any atom is -0.304 e. The van der Waals surface area contributed by atoms with E-state index in [4.69, 9.17) is 0 Å². The van der Waals surface area contributed by atoms with Gasteiger partial charge in [0.1, 0.15) is 0 Å². The Morgan fingerprint density at radius 1 is 1.19 bits per heavy atom. The molecule has 0 atom stereocenters. The van der Waals surface area contributed by atoms with E-state index < -0.39 is 9.84 Å². The summed E-state index contributed by atoms with van der Waals surface area (Å²) in [5.74, 6) is 0. The second-order valence-corrected chi connectivity index (χ2v) is 5.69. The van der Waals surface area contributed by atoms with E-state index in [-0.39, 0.29) is 0 Å². The molecule has 0 amide bonds. The second-order valence-electron chi connectivity index (χ2n) is 3.67. The number of aromatic nitrogens is 2. The van der Waals surface area contributed by atoms with Gasteiger partial charge in [-0.25, -0.2) is 13.4 Å². The molecule has 2 aromatic rings. The van der Waals surface area contributed by atoms with Crippen molar-refractivity contribution in [3.8, 4) is 5.69 Å². The first-order chi connectivity index (χ1) is 7.48. The fourth-order valence-corrected chi connectivity index (χ4v) is 2.12. The fourth-order valence-electron chi connectivity index (χ4n) is 1.49. The summed E-state index contributed by atoms with van der Waals surface area (Å²) >= 11 is 0. The van der Waals surface area contributed by atoms with Gasteiger partial charge >= 0.3 is 0 Å². The third-order valence-electron chi connectivity index (χ3n) is 2.37. The number of aryl methyl sites for hydroxylation is 1. The summed E-state index contributed by atoms with van der Waals surface area (Å²) in [6, 6.07) is 6.74. The normalized spacial score (nSPS) is 11.6. The Balaban J connectivity index is 2.45. The predicted molar refractivity (Wildman–Crippen MR) is 61.4 cm³/mol. The van der Waals surface area contributed by atoms with Gasteiger partial charge < -0.3 is 4.57 Å². The molecule has 0 saturated heterocycles. The number of rotatable bonds is 2. The number of hydrogen-bond acceptors (Lipinski definition) is 3. The monoisotopic (exact) mass is 236 g/mol. The molecular weight excluding hydrogens is 224 g/mol. The first-order valence-corrected chi connectivity index (χ1v) is 6.67. The molecule has 0 spiro atoms. The Hall–Kier alpha value is -1.62. The zero-order valence-corrected chi connectivity index (χ0v) is 9.90. The van der Waals surface area contributed by atoms with Gasteiger partial charge in [0.05, 0.1) is 11.2 Å². The van der Waals surface area contributed by atoms with E-state index in [1.165, 1.54) is 6.26 Å². The van der Waals surface area contributed by atoms with Crippen molar-refractivity contribution in [1.82, 2.24) is 9.55 Å². The lowest BCUT2D eigenvalue weighted by Gasteiger charge is -2.05. The first kappa shape index (κ1) is 10.9. The van der Waals surface area contributed by atoms with E-state index in [0.717, 1.165) is 11.4 Å². The molecule has 84 valence electrons. The van der Waals surface area contributed by atoms with Crippen LogP contribution in [0.5, 0.6) is 0 Å². The summed E-state index contributed by atoms with van der Waals surface area (Å²) in [5, 5.41) is 0. The third kappa shape index (κ3) is 1.99. The van der Waals surface area contributed by atoms with Crippen LogP contribution in [0.25, 0.3) is 5.69 Å². The molecule has 4 nitrogen and oxygen atoms in total. The van der Waals surface area contributed by atoms with Crippen LogP contribution < -0.4 is 0 Å². The number of imidazole rings is 1. The first-order valence-electron chi connectivity index (χ1n) is 4.78. The van der Waals surface area contributed by atoms with Crippen molar-refractivity contribution >= 4 is 9.84 Å². The third-order valence-corrected chi connectivity index (χ3v) is 3.50. The molecule has 0 fully saturated rings. The van der Waals surface area contributed by atoms with Gasteiger partial charge in [-0.05, 0) is 31.2 Å². The maximum atomic E-state index is 11.3. The highest BCUT2D eigenvalue weighted by molar-refractivity contribution is 7.90. The van der Waals surface area contributed by atoms with Crippen LogP contribution in [-0.2, 0) is 9.84 Å². The molecule has 1 aromatic carbocycles. The minimum absolute atomic E-state index is 0.328. The number of hydrogen-bond donors (Lipinski definition) is 0. The Labute approximate surface area is 94.5 Å². The van der Waals surface area contributed by atoms with Crippen LogP contribution in [0.3, 0.4) is 0 Å². The standard InChI is InChI=1S/C11H12N2O2S/c1-9-7-12-8-13(9)10-3-5-11(6-4-10)16(2,14)15/h3-8H,1-2H3. The van der Waals surface area contributed by atoms with Crippen LogP contribution in [-0.4, -0.2) is 24.2 Å². The van der Waals surface area contributed by atoms with Gasteiger partial charge in [0, 0.05) is 23.8 Å². The highest BCUT2D eigenvalue weighted by Gasteiger charge is 2.07. The molecule has 1 heterocycles. The summed E-state index contributed by atoms with van der Waals surface area (Å²) in [4.78, 5) is 4.34. The van der Waals surface area contributed by atoms with Crippen molar-refractivity contribution in [1.29, 1.82) is 0 Å². The van der Waals surface area contributed by atoms with Crippen molar-refractivity contribution < 1.29 is 8.42 Å². The van der Waals surface area contributed by atoms with Gasteiger partial charge in [0.15, 0.2) is 9.84 Å². The Morgan fingerprint density at radius 3 is 2.25 bits per heavy atom. The second kappa shape index (κ2) is 3.75. The largest absolute Gasteiger partial charge is 0.304 e. The van der Waals surface area contributed by atoms with Crippen molar-refractivity contribution in [3.63, 3.8) is 0 Å². The van der Waals surface area contributed by atoms with Crippen molar-refractivity contribution in [3.05, 3.63) is 42.5 Å². The van der Waals surface area contributed by atoms with Gasteiger partial charge in [-0.15, -0.1) is 0 Å². The fraction of sp³-hybridized carbons (Fsp3) is 0.182. The molecule has 0 saturated carbocycles. The van der Waals surface area contributed by atoms with Crippen LogP contribution in [0.4, 0.5) is 0 Å². The number of sulfone groups is 1. The number of nitrogens with zero attached hydrogens (tertiary/aromatic N) is 2. The smallest absolute Gasteiger partial charge is 0.175 e. The zero-order chi connectivity index (χ0) is 11.8. The topological polar surface area (TPSA) is 52.0 Å². The minimum atomic E-state index is -3.12. The average Bonchev–Trinajstić information content (AvgIpc) is 2.63. The van der Waals surface area contributed by atoms with E-state index in [1.54, 1.807) is 36.8 Å². The van der Waals surface area contributed by atoms with Gasteiger partial charge in [-0.2, -0.15) is 0 Å². The molecule has 0 N–H and O–H groups in total. The van der Waals surface area contributed by atoms with Gasteiger partial charge in [0.25, 0.3) is 0 Å². The molecule has 0 radical (unpaired) electrons. The van der Waals surface area contributed by atoms with E-state index in [1.807, 2.05) is 11.5 Å². The van der Waals surface area contributed by atoms with Crippen LogP contribution in [0, 0.1) is 6.92 Å².